The average molecular weight is 267 g/mol. The minimum atomic E-state index is -0.131. The van der Waals surface area contributed by atoms with E-state index in [9.17, 15) is 0 Å². The van der Waals surface area contributed by atoms with Crippen molar-refractivity contribution in [1.82, 2.24) is 0 Å². The first-order valence-electron chi connectivity index (χ1n) is 7.36. The van der Waals surface area contributed by atoms with Crippen LogP contribution in [-0.2, 0) is 0 Å². The molecule has 2 nitrogen and oxygen atoms in total. The van der Waals surface area contributed by atoms with Crippen LogP contribution < -0.4 is 10.5 Å². The zero-order valence-electron chi connectivity index (χ0n) is 11.7. The summed E-state index contributed by atoms with van der Waals surface area (Å²) in [6, 6.07) is 18.7. The van der Waals surface area contributed by atoms with Gasteiger partial charge < -0.3 is 10.5 Å². The molecule has 104 valence electrons. The molecule has 0 saturated heterocycles. The molecular weight excluding hydrogens is 246 g/mol. The van der Waals surface area contributed by atoms with Crippen molar-refractivity contribution in [1.29, 1.82) is 0 Å². The van der Waals surface area contributed by atoms with Crippen LogP contribution in [0.1, 0.15) is 25.7 Å². The fourth-order valence-corrected chi connectivity index (χ4v) is 2.96. The van der Waals surface area contributed by atoms with Gasteiger partial charge in [-0.2, -0.15) is 0 Å². The molecule has 0 amide bonds. The molecular formula is C18H21NO. The minimum absolute atomic E-state index is 0.131. The zero-order valence-corrected chi connectivity index (χ0v) is 11.7. The summed E-state index contributed by atoms with van der Waals surface area (Å²) in [5.41, 5.74) is 8.23. The Bertz CT molecular complexity index is 541. The predicted octanol–water partition coefficient (Wildman–Crippen LogP) is 4.00. The second-order valence-corrected chi connectivity index (χ2v) is 5.59. The Kier molecular flexibility index (Phi) is 3.75. The third-order valence-electron chi connectivity index (χ3n) is 4.18. The van der Waals surface area contributed by atoms with Crippen molar-refractivity contribution in [3.63, 3.8) is 0 Å². The van der Waals surface area contributed by atoms with Crippen molar-refractivity contribution in [2.75, 3.05) is 6.54 Å². The van der Waals surface area contributed by atoms with Gasteiger partial charge in [0, 0.05) is 6.54 Å². The van der Waals surface area contributed by atoms with E-state index in [1.54, 1.807) is 0 Å². The molecule has 0 aliphatic heterocycles. The second kappa shape index (κ2) is 5.68. The Hall–Kier alpha value is -1.80. The molecule has 1 fully saturated rings. The Morgan fingerprint density at radius 3 is 2.05 bits per heavy atom. The molecule has 2 N–H and O–H groups in total. The van der Waals surface area contributed by atoms with E-state index in [1.165, 1.54) is 24.0 Å². The van der Waals surface area contributed by atoms with Gasteiger partial charge in [-0.25, -0.2) is 0 Å². The summed E-state index contributed by atoms with van der Waals surface area (Å²) in [5.74, 6) is 0.928. The lowest BCUT2D eigenvalue weighted by molar-refractivity contribution is 0.0853. The highest BCUT2D eigenvalue weighted by molar-refractivity contribution is 5.63. The van der Waals surface area contributed by atoms with Gasteiger partial charge in [0.05, 0.1) is 0 Å². The topological polar surface area (TPSA) is 35.2 Å². The SMILES string of the molecule is NCC1(Oc2ccc(-c3ccccc3)cc2)CCCC1. The predicted molar refractivity (Wildman–Crippen MR) is 82.8 cm³/mol. The first-order valence-corrected chi connectivity index (χ1v) is 7.36. The van der Waals surface area contributed by atoms with Gasteiger partial charge in [-0.05, 0) is 48.9 Å². The van der Waals surface area contributed by atoms with Crippen LogP contribution in [0, 0.1) is 0 Å². The summed E-state index contributed by atoms with van der Waals surface area (Å²) in [7, 11) is 0. The van der Waals surface area contributed by atoms with Crippen molar-refractivity contribution < 1.29 is 4.74 Å². The molecule has 0 radical (unpaired) electrons. The quantitative estimate of drug-likeness (QED) is 0.908. The van der Waals surface area contributed by atoms with E-state index in [0.29, 0.717) is 6.54 Å². The molecule has 20 heavy (non-hydrogen) atoms. The lowest BCUT2D eigenvalue weighted by Gasteiger charge is -2.28. The van der Waals surface area contributed by atoms with Crippen LogP contribution in [0.15, 0.2) is 54.6 Å². The Labute approximate surface area is 120 Å². The molecule has 3 rings (SSSR count). The minimum Gasteiger partial charge on any atom is -0.486 e. The number of ether oxygens (including phenoxy) is 1. The Morgan fingerprint density at radius 1 is 0.850 bits per heavy atom. The summed E-state index contributed by atoms with van der Waals surface area (Å²) in [6.45, 7) is 0.605. The molecule has 2 heteroatoms. The number of benzene rings is 2. The van der Waals surface area contributed by atoms with Crippen LogP contribution in [0.3, 0.4) is 0 Å². The van der Waals surface area contributed by atoms with Crippen molar-refractivity contribution >= 4 is 0 Å². The van der Waals surface area contributed by atoms with Gasteiger partial charge in [0.15, 0.2) is 0 Å². The average Bonchev–Trinajstić information content (AvgIpc) is 2.98. The molecule has 0 unspecified atom stereocenters. The largest absolute Gasteiger partial charge is 0.486 e. The first kappa shape index (κ1) is 13.2. The maximum absolute atomic E-state index is 6.18. The van der Waals surface area contributed by atoms with Gasteiger partial charge in [-0.1, -0.05) is 42.5 Å². The normalized spacial score (nSPS) is 17.1. The van der Waals surface area contributed by atoms with Crippen molar-refractivity contribution in [3.05, 3.63) is 54.6 Å². The van der Waals surface area contributed by atoms with Crippen molar-refractivity contribution in [3.8, 4) is 16.9 Å². The van der Waals surface area contributed by atoms with Crippen molar-refractivity contribution in [2.45, 2.75) is 31.3 Å². The number of nitrogens with two attached hydrogens (primary N) is 1. The van der Waals surface area contributed by atoms with E-state index in [4.69, 9.17) is 10.5 Å². The van der Waals surface area contributed by atoms with E-state index in [0.717, 1.165) is 18.6 Å². The summed E-state index contributed by atoms with van der Waals surface area (Å²) < 4.78 is 6.18. The van der Waals surface area contributed by atoms with Crippen LogP contribution >= 0.6 is 0 Å². The molecule has 2 aromatic rings. The number of hydrogen-bond donors (Lipinski definition) is 1. The molecule has 0 aromatic heterocycles. The molecule has 0 spiro atoms. The van der Waals surface area contributed by atoms with Gasteiger partial charge in [0.25, 0.3) is 0 Å². The third-order valence-corrected chi connectivity index (χ3v) is 4.18. The van der Waals surface area contributed by atoms with Gasteiger partial charge in [-0.15, -0.1) is 0 Å². The molecule has 0 atom stereocenters. The van der Waals surface area contributed by atoms with Crippen LogP contribution in [0.4, 0.5) is 0 Å². The van der Waals surface area contributed by atoms with Crippen molar-refractivity contribution in [2.24, 2.45) is 5.73 Å². The molecule has 1 saturated carbocycles. The fraction of sp³-hybridized carbons (Fsp3) is 0.333. The lowest BCUT2D eigenvalue weighted by atomic mass is 10.0. The van der Waals surface area contributed by atoms with E-state index < -0.39 is 0 Å². The highest BCUT2D eigenvalue weighted by Gasteiger charge is 2.34. The first-order chi connectivity index (χ1) is 9.81. The third kappa shape index (κ3) is 2.70. The fourth-order valence-electron chi connectivity index (χ4n) is 2.96. The molecule has 1 aliphatic carbocycles. The molecule has 2 aromatic carbocycles. The number of hydrogen-bond acceptors (Lipinski definition) is 2. The highest BCUT2D eigenvalue weighted by Crippen LogP contribution is 2.34. The summed E-state index contributed by atoms with van der Waals surface area (Å²) in [5, 5.41) is 0. The molecule has 1 aliphatic rings. The highest BCUT2D eigenvalue weighted by atomic mass is 16.5. The van der Waals surface area contributed by atoms with Gasteiger partial charge in [-0.3, -0.25) is 0 Å². The lowest BCUT2D eigenvalue weighted by Crippen LogP contribution is -2.40. The standard InChI is InChI=1S/C18H21NO/c19-14-18(12-4-5-13-18)20-17-10-8-16(9-11-17)15-6-2-1-3-7-15/h1-3,6-11H,4-5,12-14,19H2. The van der Waals surface area contributed by atoms with Gasteiger partial charge >= 0.3 is 0 Å². The summed E-state index contributed by atoms with van der Waals surface area (Å²) in [4.78, 5) is 0. The second-order valence-electron chi connectivity index (χ2n) is 5.59. The molecule has 0 bridgehead atoms. The maximum atomic E-state index is 6.18. The van der Waals surface area contributed by atoms with Crippen LogP contribution in [0.2, 0.25) is 0 Å². The van der Waals surface area contributed by atoms with E-state index in [1.807, 2.05) is 6.07 Å². The smallest absolute Gasteiger partial charge is 0.121 e. The summed E-state index contributed by atoms with van der Waals surface area (Å²) in [6.07, 6.45) is 4.59. The van der Waals surface area contributed by atoms with E-state index in [-0.39, 0.29) is 5.60 Å². The van der Waals surface area contributed by atoms with Gasteiger partial charge in [0.2, 0.25) is 0 Å². The van der Waals surface area contributed by atoms with Crippen LogP contribution in [0.5, 0.6) is 5.75 Å². The van der Waals surface area contributed by atoms with Gasteiger partial charge in [0.1, 0.15) is 11.4 Å². The molecule has 0 heterocycles. The monoisotopic (exact) mass is 267 g/mol. The summed E-state index contributed by atoms with van der Waals surface area (Å²) >= 11 is 0. The van der Waals surface area contributed by atoms with E-state index in [2.05, 4.69) is 48.5 Å². The van der Waals surface area contributed by atoms with Crippen LogP contribution in [0.25, 0.3) is 11.1 Å². The van der Waals surface area contributed by atoms with Crippen LogP contribution in [-0.4, -0.2) is 12.1 Å². The maximum Gasteiger partial charge on any atom is 0.121 e. The Morgan fingerprint density at radius 2 is 1.45 bits per heavy atom. The van der Waals surface area contributed by atoms with E-state index >= 15 is 0 Å². The zero-order chi connectivity index (χ0) is 13.8. The Balaban J connectivity index is 1.76. The number of rotatable bonds is 4.